The van der Waals surface area contributed by atoms with E-state index in [-0.39, 0.29) is 0 Å². The molecular weight excluding hydrogens is 302 g/mol. The van der Waals surface area contributed by atoms with E-state index in [4.69, 9.17) is 0 Å². The van der Waals surface area contributed by atoms with Crippen molar-refractivity contribution in [3.05, 3.63) is 54.6 Å². The molecule has 3 aromatic rings. The topological polar surface area (TPSA) is 3.24 Å². The van der Waals surface area contributed by atoms with Crippen LogP contribution in [0.5, 0.6) is 0 Å². The highest BCUT2D eigenvalue weighted by Gasteiger charge is 2.10. The zero-order valence-corrected chi connectivity index (χ0v) is 15.8. The Bertz CT molecular complexity index is 795. The molecule has 3 rings (SSSR count). The number of nitrogens with zero attached hydrogens (tertiary/aromatic N) is 1. The van der Waals surface area contributed by atoms with Crippen molar-refractivity contribution >= 4 is 27.2 Å². The lowest BCUT2D eigenvalue weighted by molar-refractivity contribution is 0.638. The molecule has 3 aromatic carbocycles. The molecule has 0 aliphatic rings. The van der Waals surface area contributed by atoms with Crippen LogP contribution in [0, 0.1) is 0 Å². The molecule has 0 atom stereocenters. The molecule has 0 bridgehead atoms. The van der Waals surface area contributed by atoms with Crippen LogP contribution in [0.2, 0.25) is 0 Å². The summed E-state index contributed by atoms with van der Waals surface area (Å²) in [7, 11) is 0. The third-order valence-electron chi connectivity index (χ3n) is 5.13. The van der Waals surface area contributed by atoms with Crippen molar-refractivity contribution in [1.29, 1.82) is 0 Å². The smallest absolute Gasteiger partial charge is 0.0446 e. The van der Waals surface area contributed by atoms with Crippen LogP contribution in [0.1, 0.15) is 52.4 Å². The van der Waals surface area contributed by atoms with Gasteiger partial charge >= 0.3 is 0 Å². The minimum atomic E-state index is 1.17. The SMILES string of the molecule is CCCCCN(CCCCC)c1cccc2cc3ccccc3cc12. The van der Waals surface area contributed by atoms with Crippen molar-refractivity contribution in [2.45, 2.75) is 52.4 Å². The number of benzene rings is 3. The second-order valence-electron chi connectivity index (χ2n) is 7.10. The van der Waals surface area contributed by atoms with Gasteiger partial charge in [-0.2, -0.15) is 0 Å². The van der Waals surface area contributed by atoms with Gasteiger partial charge in [0.1, 0.15) is 0 Å². The molecule has 0 N–H and O–H groups in total. The summed E-state index contributed by atoms with van der Waals surface area (Å²) in [5.74, 6) is 0. The van der Waals surface area contributed by atoms with Crippen LogP contribution in [-0.2, 0) is 0 Å². The van der Waals surface area contributed by atoms with Gasteiger partial charge in [-0.25, -0.2) is 0 Å². The fourth-order valence-corrected chi connectivity index (χ4v) is 3.68. The average Bonchev–Trinajstić information content (AvgIpc) is 2.65. The molecule has 0 aliphatic carbocycles. The first kappa shape index (κ1) is 17.8. The second-order valence-corrected chi connectivity index (χ2v) is 7.10. The maximum absolute atomic E-state index is 2.63. The summed E-state index contributed by atoms with van der Waals surface area (Å²) >= 11 is 0. The Hall–Kier alpha value is -2.02. The van der Waals surface area contributed by atoms with Crippen molar-refractivity contribution in [3.63, 3.8) is 0 Å². The Balaban J connectivity index is 1.97. The van der Waals surface area contributed by atoms with Gasteiger partial charge in [-0.3, -0.25) is 0 Å². The third kappa shape index (κ3) is 4.34. The Morgan fingerprint density at radius 1 is 0.640 bits per heavy atom. The maximum Gasteiger partial charge on any atom is 0.0446 e. The molecule has 0 saturated heterocycles. The molecule has 0 amide bonds. The monoisotopic (exact) mass is 333 g/mol. The number of anilines is 1. The van der Waals surface area contributed by atoms with E-state index in [2.05, 4.69) is 73.3 Å². The fourth-order valence-electron chi connectivity index (χ4n) is 3.68. The van der Waals surface area contributed by atoms with Gasteiger partial charge in [-0.05, 0) is 47.2 Å². The first-order chi connectivity index (χ1) is 12.3. The summed E-state index contributed by atoms with van der Waals surface area (Å²) < 4.78 is 0. The highest BCUT2D eigenvalue weighted by atomic mass is 15.1. The predicted octanol–water partition coefficient (Wildman–Crippen LogP) is 7.18. The fraction of sp³-hybridized carbons (Fsp3) is 0.417. The number of fused-ring (bicyclic) bond motifs is 2. The molecule has 25 heavy (non-hydrogen) atoms. The molecule has 0 aromatic heterocycles. The lowest BCUT2D eigenvalue weighted by Crippen LogP contribution is -2.26. The van der Waals surface area contributed by atoms with Gasteiger partial charge in [0.15, 0.2) is 0 Å². The van der Waals surface area contributed by atoms with E-state index in [1.54, 1.807) is 0 Å². The maximum atomic E-state index is 2.63. The summed E-state index contributed by atoms with van der Waals surface area (Å²) in [5.41, 5.74) is 1.41. The van der Waals surface area contributed by atoms with Crippen molar-refractivity contribution in [3.8, 4) is 0 Å². The van der Waals surface area contributed by atoms with E-state index >= 15 is 0 Å². The Morgan fingerprint density at radius 2 is 1.24 bits per heavy atom. The molecule has 1 nitrogen and oxygen atoms in total. The standard InChI is InChI=1S/C24H31N/c1-3-5-9-16-25(17-10-6-4-2)24-15-11-14-22-18-20-12-7-8-13-21(20)19-23(22)24/h7-8,11-15,18-19H,3-6,9-10,16-17H2,1-2H3. The van der Waals surface area contributed by atoms with E-state index in [0.29, 0.717) is 0 Å². The summed E-state index contributed by atoms with van der Waals surface area (Å²) in [4.78, 5) is 2.63. The van der Waals surface area contributed by atoms with E-state index in [1.807, 2.05) is 0 Å². The van der Waals surface area contributed by atoms with E-state index < -0.39 is 0 Å². The Labute approximate surface area is 152 Å². The molecule has 1 heteroatoms. The highest BCUT2D eigenvalue weighted by molar-refractivity contribution is 6.03. The second kappa shape index (κ2) is 8.89. The van der Waals surface area contributed by atoms with Gasteiger partial charge in [0.25, 0.3) is 0 Å². The van der Waals surface area contributed by atoms with Crippen LogP contribution in [0.4, 0.5) is 5.69 Å². The first-order valence-corrected chi connectivity index (χ1v) is 10.00. The zero-order valence-electron chi connectivity index (χ0n) is 15.8. The summed E-state index contributed by atoms with van der Waals surface area (Å²) in [6, 6.07) is 20.2. The van der Waals surface area contributed by atoms with Crippen LogP contribution in [-0.4, -0.2) is 13.1 Å². The number of hydrogen-bond acceptors (Lipinski definition) is 1. The first-order valence-electron chi connectivity index (χ1n) is 10.00. The van der Waals surface area contributed by atoms with Gasteiger partial charge in [0.05, 0.1) is 0 Å². The quantitative estimate of drug-likeness (QED) is 0.296. The molecule has 0 radical (unpaired) electrons. The third-order valence-corrected chi connectivity index (χ3v) is 5.13. The number of hydrogen-bond donors (Lipinski definition) is 0. The Morgan fingerprint density at radius 3 is 1.88 bits per heavy atom. The van der Waals surface area contributed by atoms with Crippen LogP contribution >= 0.6 is 0 Å². The number of unbranched alkanes of at least 4 members (excludes halogenated alkanes) is 4. The van der Waals surface area contributed by atoms with Crippen molar-refractivity contribution in [2.75, 3.05) is 18.0 Å². The van der Waals surface area contributed by atoms with Crippen molar-refractivity contribution in [2.24, 2.45) is 0 Å². The van der Waals surface area contributed by atoms with E-state index in [9.17, 15) is 0 Å². The van der Waals surface area contributed by atoms with Gasteiger partial charge in [0.2, 0.25) is 0 Å². The van der Waals surface area contributed by atoms with Gasteiger partial charge in [0, 0.05) is 24.2 Å². The molecule has 0 aliphatic heterocycles. The van der Waals surface area contributed by atoms with Crippen LogP contribution in [0.15, 0.2) is 54.6 Å². The number of rotatable bonds is 9. The van der Waals surface area contributed by atoms with E-state index in [0.717, 1.165) is 0 Å². The average molecular weight is 334 g/mol. The summed E-state index contributed by atoms with van der Waals surface area (Å²) in [6.07, 6.45) is 7.76. The molecule has 0 heterocycles. The molecule has 0 fully saturated rings. The summed E-state index contributed by atoms with van der Waals surface area (Å²) in [6.45, 7) is 6.91. The van der Waals surface area contributed by atoms with Crippen LogP contribution in [0.25, 0.3) is 21.5 Å². The van der Waals surface area contributed by atoms with Crippen molar-refractivity contribution < 1.29 is 0 Å². The van der Waals surface area contributed by atoms with Gasteiger partial charge in [-0.15, -0.1) is 0 Å². The highest BCUT2D eigenvalue weighted by Crippen LogP contribution is 2.31. The van der Waals surface area contributed by atoms with Crippen LogP contribution in [0.3, 0.4) is 0 Å². The lowest BCUT2D eigenvalue weighted by Gasteiger charge is -2.26. The minimum absolute atomic E-state index is 1.17. The molecule has 132 valence electrons. The minimum Gasteiger partial charge on any atom is -0.371 e. The Kier molecular flexibility index (Phi) is 6.33. The predicted molar refractivity (Wildman–Crippen MR) is 113 cm³/mol. The van der Waals surface area contributed by atoms with Gasteiger partial charge in [-0.1, -0.05) is 75.9 Å². The van der Waals surface area contributed by atoms with E-state index in [1.165, 1.54) is 78.8 Å². The van der Waals surface area contributed by atoms with Crippen molar-refractivity contribution in [1.82, 2.24) is 0 Å². The molecule has 0 saturated carbocycles. The lowest BCUT2D eigenvalue weighted by atomic mass is 10.0. The zero-order chi connectivity index (χ0) is 17.5. The normalized spacial score (nSPS) is 11.3. The largest absolute Gasteiger partial charge is 0.371 e. The molecular formula is C24H31N. The van der Waals surface area contributed by atoms with Gasteiger partial charge < -0.3 is 4.90 Å². The van der Waals surface area contributed by atoms with Crippen LogP contribution < -0.4 is 4.90 Å². The molecule has 0 unspecified atom stereocenters. The summed E-state index contributed by atoms with van der Waals surface area (Å²) in [5, 5.41) is 5.42. The molecule has 0 spiro atoms.